The maximum Gasteiger partial charge on any atom is 0.243 e. The number of hydrogen-bond acceptors (Lipinski definition) is 7. The average Bonchev–Trinajstić information content (AvgIpc) is 3.71. The fourth-order valence-corrected chi connectivity index (χ4v) is 5.12. The molecule has 3 aliphatic rings. The lowest BCUT2D eigenvalue weighted by molar-refractivity contribution is -0.134. The van der Waals surface area contributed by atoms with Gasteiger partial charge in [-0.2, -0.15) is 0 Å². The average molecular weight is 555 g/mol. The van der Waals surface area contributed by atoms with E-state index in [0.717, 1.165) is 36.8 Å². The molecule has 0 bridgehead atoms. The Morgan fingerprint density at radius 2 is 1.65 bits per heavy atom. The van der Waals surface area contributed by atoms with E-state index < -0.39 is 35.5 Å². The Morgan fingerprint density at radius 1 is 0.950 bits per heavy atom. The van der Waals surface area contributed by atoms with Gasteiger partial charge in [-0.05, 0) is 57.9 Å². The summed E-state index contributed by atoms with van der Waals surface area (Å²) >= 11 is 0. The van der Waals surface area contributed by atoms with Crippen LogP contribution in [-0.4, -0.2) is 91.6 Å². The van der Waals surface area contributed by atoms with Gasteiger partial charge in [-0.25, -0.2) is 0 Å². The summed E-state index contributed by atoms with van der Waals surface area (Å²) in [5, 5.41) is 8.52. The summed E-state index contributed by atoms with van der Waals surface area (Å²) in [4.78, 5) is 54.6. The highest BCUT2D eigenvalue weighted by Crippen LogP contribution is 2.29. The van der Waals surface area contributed by atoms with Gasteiger partial charge in [-0.3, -0.25) is 24.1 Å². The molecule has 10 nitrogen and oxygen atoms in total. The molecule has 1 aliphatic carbocycles. The van der Waals surface area contributed by atoms with Gasteiger partial charge in [0.1, 0.15) is 17.7 Å². The zero-order valence-corrected chi connectivity index (χ0v) is 23.6. The molecule has 218 valence electrons. The Bertz CT molecular complexity index is 1080. The second-order valence-corrected chi connectivity index (χ2v) is 11.2. The normalized spacial score (nSPS) is 23.2. The highest BCUT2D eigenvalue weighted by molar-refractivity contribution is 5.98. The van der Waals surface area contributed by atoms with Crippen molar-refractivity contribution in [3.05, 3.63) is 47.5 Å². The van der Waals surface area contributed by atoms with Crippen LogP contribution in [0.4, 0.5) is 0 Å². The lowest BCUT2D eigenvalue weighted by Crippen LogP contribution is -2.57. The number of carbonyl (C=O) groups excluding carboxylic acids is 4. The molecule has 0 spiro atoms. The first-order chi connectivity index (χ1) is 19.2. The molecular weight excluding hydrogens is 512 g/mol. The third-order valence-corrected chi connectivity index (χ3v) is 7.74. The monoisotopic (exact) mass is 554 g/mol. The number of ether oxygens (including phenoxy) is 2. The molecule has 10 heteroatoms. The summed E-state index contributed by atoms with van der Waals surface area (Å²) in [6.07, 6.45) is 6.75. The fraction of sp³-hybridized carbons (Fsp3) is 0.600. The van der Waals surface area contributed by atoms with Crippen molar-refractivity contribution in [2.75, 3.05) is 39.5 Å². The molecule has 3 amide bonds. The van der Waals surface area contributed by atoms with Gasteiger partial charge in [-0.1, -0.05) is 42.0 Å². The Morgan fingerprint density at radius 3 is 2.30 bits per heavy atom. The number of epoxide rings is 1. The predicted molar refractivity (Wildman–Crippen MR) is 149 cm³/mol. The van der Waals surface area contributed by atoms with Crippen LogP contribution in [0.25, 0.3) is 0 Å². The zero-order chi connectivity index (χ0) is 28.5. The van der Waals surface area contributed by atoms with E-state index in [-0.39, 0.29) is 18.2 Å². The van der Waals surface area contributed by atoms with Crippen molar-refractivity contribution < 1.29 is 28.7 Å². The standard InChI is InChI=1S/C30H42N4O6/c1-21(31-26(35)19-34-13-15-39-16-14-34)28(37)33-25(18-23-11-7-4-8-12-23)29(38)32-24(27(36)30(2)20-40-30)17-22-9-5-3-6-10-22/h3,5-6,9-11,21,24-25H,4,7-8,12-20H2,1-2H3,(H,31,35)(H,32,38)(H,33,37)/t21-,24-,25-,30+/m0/s1. The molecule has 0 saturated carbocycles. The topological polar surface area (TPSA) is 129 Å². The van der Waals surface area contributed by atoms with E-state index in [1.54, 1.807) is 13.8 Å². The number of rotatable bonds is 13. The number of carbonyl (C=O) groups is 4. The first-order valence-electron chi connectivity index (χ1n) is 14.3. The Balaban J connectivity index is 1.42. The smallest absolute Gasteiger partial charge is 0.243 e. The highest BCUT2D eigenvalue weighted by atomic mass is 16.6. The molecule has 4 atom stereocenters. The van der Waals surface area contributed by atoms with Crippen molar-refractivity contribution in [2.45, 2.75) is 76.1 Å². The number of Topliss-reactive ketones (excluding diaryl/α,β-unsaturated/α-hetero) is 1. The van der Waals surface area contributed by atoms with E-state index in [1.165, 1.54) is 0 Å². The van der Waals surface area contributed by atoms with Crippen molar-refractivity contribution >= 4 is 23.5 Å². The van der Waals surface area contributed by atoms with Crippen LogP contribution in [0.2, 0.25) is 0 Å². The SMILES string of the molecule is C[C@H](NC(=O)CN1CCOCC1)C(=O)N[C@@H](CC1=CCCCC1)C(=O)N[C@@H](Cc1ccccc1)C(=O)[C@@]1(C)CO1. The molecule has 0 aromatic heterocycles. The van der Waals surface area contributed by atoms with Crippen molar-refractivity contribution in [1.82, 2.24) is 20.9 Å². The molecule has 2 saturated heterocycles. The summed E-state index contributed by atoms with van der Waals surface area (Å²) in [6.45, 7) is 6.32. The van der Waals surface area contributed by atoms with E-state index in [0.29, 0.717) is 45.8 Å². The minimum atomic E-state index is -0.906. The predicted octanol–water partition coefficient (Wildman–Crippen LogP) is 1.28. The van der Waals surface area contributed by atoms with Crippen LogP contribution in [0.5, 0.6) is 0 Å². The van der Waals surface area contributed by atoms with Crippen LogP contribution in [0, 0.1) is 0 Å². The van der Waals surface area contributed by atoms with Crippen LogP contribution in [0.3, 0.4) is 0 Å². The molecule has 0 radical (unpaired) electrons. The number of nitrogens with one attached hydrogen (secondary N) is 3. The minimum absolute atomic E-state index is 0.182. The van der Waals surface area contributed by atoms with Crippen LogP contribution in [0.15, 0.2) is 42.0 Å². The third kappa shape index (κ3) is 8.71. The number of hydrogen-bond donors (Lipinski definition) is 3. The number of morpholine rings is 1. The minimum Gasteiger partial charge on any atom is -0.379 e. The first-order valence-corrected chi connectivity index (χ1v) is 14.3. The van der Waals surface area contributed by atoms with E-state index in [2.05, 4.69) is 22.0 Å². The van der Waals surface area contributed by atoms with Crippen molar-refractivity contribution in [1.29, 1.82) is 0 Å². The highest BCUT2D eigenvalue weighted by Gasteiger charge is 2.50. The summed E-state index contributed by atoms with van der Waals surface area (Å²) in [5.74, 6) is -1.32. The molecule has 2 heterocycles. The Hall–Kier alpha value is -3.08. The second-order valence-electron chi connectivity index (χ2n) is 11.2. The maximum atomic E-state index is 13.7. The number of ketones is 1. The van der Waals surface area contributed by atoms with Crippen molar-refractivity contribution in [3.63, 3.8) is 0 Å². The molecule has 2 fully saturated rings. The van der Waals surface area contributed by atoms with Crippen molar-refractivity contribution in [3.8, 4) is 0 Å². The number of nitrogens with zero attached hydrogens (tertiary/aromatic N) is 1. The number of benzene rings is 1. The van der Waals surface area contributed by atoms with Crippen LogP contribution in [0.1, 0.15) is 51.5 Å². The second kappa shape index (κ2) is 14.0. The van der Waals surface area contributed by atoms with Gasteiger partial charge in [-0.15, -0.1) is 0 Å². The molecule has 4 rings (SSSR count). The van der Waals surface area contributed by atoms with E-state index in [9.17, 15) is 19.2 Å². The Kier molecular flexibility index (Phi) is 10.5. The molecule has 2 aliphatic heterocycles. The quantitative estimate of drug-likeness (QED) is 0.248. The lowest BCUT2D eigenvalue weighted by Gasteiger charge is -2.27. The fourth-order valence-electron chi connectivity index (χ4n) is 5.12. The summed E-state index contributed by atoms with van der Waals surface area (Å²) < 4.78 is 10.7. The van der Waals surface area contributed by atoms with E-state index in [4.69, 9.17) is 9.47 Å². The van der Waals surface area contributed by atoms with Gasteiger partial charge in [0.05, 0.1) is 32.4 Å². The van der Waals surface area contributed by atoms with Gasteiger partial charge >= 0.3 is 0 Å². The lowest BCUT2D eigenvalue weighted by atomic mass is 9.92. The van der Waals surface area contributed by atoms with Gasteiger partial charge < -0.3 is 25.4 Å². The number of amides is 3. The summed E-state index contributed by atoms with van der Waals surface area (Å²) in [6, 6.07) is 7.00. The van der Waals surface area contributed by atoms with Gasteiger partial charge in [0.2, 0.25) is 17.7 Å². The van der Waals surface area contributed by atoms with Gasteiger partial charge in [0.25, 0.3) is 0 Å². The Labute approximate surface area is 236 Å². The van der Waals surface area contributed by atoms with Crippen LogP contribution < -0.4 is 16.0 Å². The van der Waals surface area contributed by atoms with Crippen LogP contribution in [-0.2, 0) is 35.1 Å². The molecule has 40 heavy (non-hydrogen) atoms. The molecule has 0 unspecified atom stereocenters. The molecule has 1 aromatic rings. The largest absolute Gasteiger partial charge is 0.379 e. The van der Waals surface area contributed by atoms with E-state index >= 15 is 0 Å². The summed E-state index contributed by atoms with van der Waals surface area (Å²) in [5.41, 5.74) is 1.12. The summed E-state index contributed by atoms with van der Waals surface area (Å²) in [7, 11) is 0. The molecule has 3 N–H and O–H groups in total. The third-order valence-electron chi connectivity index (χ3n) is 7.74. The van der Waals surface area contributed by atoms with Crippen molar-refractivity contribution in [2.24, 2.45) is 0 Å². The zero-order valence-electron chi connectivity index (χ0n) is 23.6. The molecule has 1 aromatic carbocycles. The first kappa shape index (κ1) is 29.9. The van der Waals surface area contributed by atoms with Gasteiger partial charge in [0.15, 0.2) is 5.78 Å². The number of allylic oxidation sites excluding steroid dienone is 1. The van der Waals surface area contributed by atoms with E-state index in [1.807, 2.05) is 35.2 Å². The van der Waals surface area contributed by atoms with Crippen LogP contribution >= 0.6 is 0 Å². The molecular formula is C30H42N4O6. The maximum absolute atomic E-state index is 13.7. The van der Waals surface area contributed by atoms with Gasteiger partial charge in [0, 0.05) is 13.1 Å².